The second-order valence-corrected chi connectivity index (χ2v) is 7.98. The summed E-state index contributed by atoms with van der Waals surface area (Å²) < 4.78 is 73.9. The zero-order valence-corrected chi connectivity index (χ0v) is 18.0. The Labute approximate surface area is 187 Å². The predicted octanol–water partition coefficient (Wildman–Crippen LogP) is 3.52. The van der Waals surface area contributed by atoms with Crippen LogP contribution in [0.15, 0.2) is 36.4 Å². The Hall–Kier alpha value is -2.47. The van der Waals surface area contributed by atoms with Gasteiger partial charge in [0.2, 0.25) is 0 Å². The minimum atomic E-state index is -4.55. The normalized spacial score (nSPS) is 25.4. The van der Waals surface area contributed by atoms with E-state index < -0.39 is 30.2 Å². The van der Waals surface area contributed by atoms with E-state index in [0.29, 0.717) is 18.5 Å². The highest BCUT2D eigenvalue weighted by molar-refractivity contribution is 5.36. The molecule has 3 heterocycles. The molecule has 11 heteroatoms. The molecule has 1 aromatic heterocycles. The van der Waals surface area contributed by atoms with Gasteiger partial charge in [0.25, 0.3) is 5.88 Å². The molecule has 0 bridgehead atoms. The van der Waals surface area contributed by atoms with E-state index in [9.17, 15) is 22.7 Å². The number of nitrogens with zero attached hydrogens (tertiary/aromatic N) is 2. The predicted molar refractivity (Wildman–Crippen MR) is 107 cm³/mol. The van der Waals surface area contributed by atoms with Crippen molar-refractivity contribution in [2.24, 2.45) is 0 Å². The van der Waals surface area contributed by atoms with Crippen molar-refractivity contribution >= 4 is 0 Å². The maximum Gasteiger partial charge on any atom is 0.425 e. The summed E-state index contributed by atoms with van der Waals surface area (Å²) in [5.41, 5.74) is 0.0183. The quantitative estimate of drug-likeness (QED) is 0.645. The Morgan fingerprint density at radius 3 is 2.76 bits per heavy atom. The summed E-state index contributed by atoms with van der Waals surface area (Å²) in [4.78, 5) is 5.85. The molecule has 1 aromatic carbocycles. The van der Waals surface area contributed by atoms with Crippen molar-refractivity contribution in [2.45, 2.75) is 43.6 Å². The number of hydrogen-bond acceptors (Lipinski definition) is 7. The van der Waals surface area contributed by atoms with Crippen LogP contribution in [-0.4, -0.2) is 60.4 Å². The molecular formula is C22H24F4N2O5. The number of alkyl halides is 3. The highest BCUT2D eigenvalue weighted by Crippen LogP contribution is 2.44. The van der Waals surface area contributed by atoms with Gasteiger partial charge in [-0.05, 0) is 43.2 Å². The molecule has 2 aliphatic rings. The Morgan fingerprint density at radius 2 is 2.06 bits per heavy atom. The molecule has 180 valence electrons. The maximum atomic E-state index is 13.8. The molecule has 33 heavy (non-hydrogen) atoms. The number of ether oxygens (including phenoxy) is 4. The molecule has 0 aliphatic carbocycles. The number of pyridine rings is 1. The van der Waals surface area contributed by atoms with Crippen molar-refractivity contribution in [1.82, 2.24) is 9.88 Å². The van der Waals surface area contributed by atoms with E-state index in [4.69, 9.17) is 18.9 Å². The van der Waals surface area contributed by atoms with E-state index in [1.165, 1.54) is 31.4 Å². The fourth-order valence-corrected chi connectivity index (χ4v) is 4.15. The summed E-state index contributed by atoms with van der Waals surface area (Å²) in [5.74, 6) is -0.735. The highest BCUT2D eigenvalue weighted by Gasteiger charge is 2.51. The van der Waals surface area contributed by atoms with E-state index in [1.807, 2.05) is 0 Å². The average molecular weight is 472 g/mol. The lowest BCUT2D eigenvalue weighted by molar-refractivity contribution is -0.189. The number of aliphatic hydroxyl groups excluding tert-OH is 1. The monoisotopic (exact) mass is 472 g/mol. The molecule has 2 saturated heterocycles. The number of aliphatic hydroxyl groups is 1. The summed E-state index contributed by atoms with van der Waals surface area (Å²) in [5, 5.41) is 10.9. The van der Waals surface area contributed by atoms with Gasteiger partial charge >= 0.3 is 6.18 Å². The number of rotatable bonds is 6. The molecule has 1 N–H and O–H groups in total. The molecule has 0 saturated carbocycles. The Morgan fingerprint density at radius 1 is 1.27 bits per heavy atom. The summed E-state index contributed by atoms with van der Waals surface area (Å²) >= 11 is 0. The molecule has 2 aliphatic heterocycles. The maximum absolute atomic E-state index is 13.8. The first-order valence-corrected chi connectivity index (χ1v) is 10.4. The third-order valence-electron chi connectivity index (χ3n) is 6.01. The molecule has 0 radical (unpaired) electrons. The lowest BCUT2D eigenvalue weighted by Gasteiger charge is -2.43. The van der Waals surface area contributed by atoms with E-state index in [2.05, 4.69) is 4.98 Å². The summed E-state index contributed by atoms with van der Waals surface area (Å²) in [6.07, 6.45) is -7.81. The third kappa shape index (κ3) is 4.63. The van der Waals surface area contributed by atoms with Gasteiger partial charge in [0.05, 0.1) is 12.8 Å². The average Bonchev–Trinajstić information content (AvgIpc) is 3.22. The van der Waals surface area contributed by atoms with E-state index in [1.54, 1.807) is 17.0 Å². The van der Waals surface area contributed by atoms with E-state index in [-0.39, 0.29) is 36.5 Å². The van der Waals surface area contributed by atoms with Gasteiger partial charge in [-0.2, -0.15) is 13.2 Å². The topological polar surface area (TPSA) is 73.3 Å². The molecule has 4 rings (SSSR count). The summed E-state index contributed by atoms with van der Waals surface area (Å²) in [7, 11) is 1.25. The van der Waals surface area contributed by atoms with Crippen LogP contribution in [0.1, 0.15) is 30.8 Å². The first kappa shape index (κ1) is 23.7. The molecule has 4 atom stereocenters. The number of hydrogen-bond donors (Lipinski definition) is 1. The van der Waals surface area contributed by atoms with Gasteiger partial charge in [0.15, 0.2) is 18.1 Å². The second-order valence-electron chi connectivity index (χ2n) is 7.98. The zero-order chi connectivity index (χ0) is 23.8. The van der Waals surface area contributed by atoms with Crippen LogP contribution in [0.3, 0.4) is 0 Å². The fourth-order valence-electron chi connectivity index (χ4n) is 4.15. The van der Waals surface area contributed by atoms with Crippen molar-refractivity contribution in [3.05, 3.63) is 53.5 Å². The zero-order valence-electron chi connectivity index (χ0n) is 18.0. The smallest absolute Gasteiger partial charge is 0.425 e. The second kappa shape index (κ2) is 9.05. The Kier molecular flexibility index (Phi) is 6.50. The Bertz CT molecular complexity index is 991. The van der Waals surface area contributed by atoms with Crippen LogP contribution in [0.5, 0.6) is 11.6 Å². The van der Waals surface area contributed by atoms with Crippen LogP contribution in [0.4, 0.5) is 17.6 Å². The van der Waals surface area contributed by atoms with Crippen molar-refractivity contribution < 1.29 is 41.6 Å². The minimum Gasteiger partial charge on any atom is -0.478 e. The van der Waals surface area contributed by atoms with E-state index in [0.717, 1.165) is 6.92 Å². The number of aromatic nitrogens is 1. The number of benzene rings is 1. The number of likely N-dealkylation sites (tertiary alicyclic amines) is 1. The largest absolute Gasteiger partial charge is 0.478 e. The van der Waals surface area contributed by atoms with Gasteiger partial charge < -0.3 is 24.1 Å². The lowest BCUT2D eigenvalue weighted by atomic mass is 9.82. The van der Waals surface area contributed by atoms with Crippen molar-refractivity contribution in [3.8, 4) is 11.6 Å². The van der Waals surface area contributed by atoms with Crippen LogP contribution in [0.25, 0.3) is 0 Å². The molecule has 7 nitrogen and oxygen atoms in total. The minimum absolute atomic E-state index is 0.0423. The molecule has 0 amide bonds. The molecule has 0 spiro atoms. The number of halogens is 4. The van der Waals surface area contributed by atoms with Gasteiger partial charge in [-0.15, -0.1) is 0 Å². The van der Waals surface area contributed by atoms with Crippen LogP contribution in [0, 0.1) is 5.82 Å². The Balaban J connectivity index is 1.51. The standard InChI is InChI=1S/C22H24F4N2O5/c1-13(22(24,25)26)33-17-7-6-16(27-19(17)30-2)20(29)28-9-8-21(18(11-28)31-12-32-21)14-4-3-5-15(23)10-14/h3-7,10,13,18,20,29H,8-9,11-12H2,1-2H3. The van der Waals surface area contributed by atoms with Gasteiger partial charge in [0, 0.05) is 13.1 Å². The first-order valence-electron chi connectivity index (χ1n) is 10.4. The van der Waals surface area contributed by atoms with Crippen LogP contribution in [-0.2, 0) is 15.1 Å². The number of fused-ring (bicyclic) bond motifs is 1. The van der Waals surface area contributed by atoms with Crippen molar-refractivity contribution in [3.63, 3.8) is 0 Å². The number of methoxy groups -OCH3 is 1. The van der Waals surface area contributed by atoms with Crippen molar-refractivity contribution in [1.29, 1.82) is 0 Å². The van der Waals surface area contributed by atoms with E-state index >= 15 is 0 Å². The third-order valence-corrected chi connectivity index (χ3v) is 6.01. The lowest BCUT2D eigenvalue weighted by Crippen LogP contribution is -2.52. The van der Waals surface area contributed by atoms with Gasteiger partial charge in [0.1, 0.15) is 24.3 Å². The van der Waals surface area contributed by atoms with Gasteiger partial charge in [-0.25, -0.2) is 9.37 Å². The first-order chi connectivity index (χ1) is 15.6. The van der Waals surface area contributed by atoms with Crippen molar-refractivity contribution in [2.75, 3.05) is 27.0 Å². The fraction of sp³-hybridized carbons (Fsp3) is 0.500. The van der Waals surface area contributed by atoms with Crippen LogP contribution in [0.2, 0.25) is 0 Å². The molecular weight excluding hydrogens is 448 g/mol. The SMILES string of the molecule is COc1nc(C(O)N2CCC3(c4cccc(F)c4)OCOC3C2)ccc1OC(C)C(F)(F)F. The molecule has 2 fully saturated rings. The summed E-state index contributed by atoms with van der Waals surface area (Å²) in [6.45, 7) is 1.57. The molecule has 4 unspecified atom stereocenters. The van der Waals surface area contributed by atoms with Crippen LogP contribution >= 0.6 is 0 Å². The van der Waals surface area contributed by atoms with Gasteiger partial charge in [-0.1, -0.05) is 12.1 Å². The summed E-state index contributed by atoms with van der Waals surface area (Å²) in [6, 6.07) is 8.82. The highest BCUT2D eigenvalue weighted by atomic mass is 19.4. The number of piperidine rings is 1. The van der Waals surface area contributed by atoms with Crippen LogP contribution < -0.4 is 9.47 Å². The molecule has 2 aromatic rings. The van der Waals surface area contributed by atoms with Gasteiger partial charge in [-0.3, -0.25) is 4.90 Å².